The van der Waals surface area contributed by atoms with Crippen LogP contribution < -0.4 is 4.90 Å². The van der Waals surface area contributed by atoms with Crippen molar-refractivity contribution in [3.05, 3.63) is 27.7 Å². The SMILES string of the molecule is CN(c1ccc(Br)c(Cl)c1)C(C)(C)C. The van der Waals surface area contributed by atoms with Gasteiger partial charge in [0.05, 0.1) is 5.02 Å². The molecule has 14 heavy (non-hydrogen) atoms. The molecule has 1 rings (SSSR count). The van der Waals surface area contributed by atoms with Crippen LogP contribution in [0.5, 0.6) is 0 Å². The predicted octanol–water partition coefficient (Wildman–Crippen LogP) is 4.34. The molecule has 0 aliphatic carbocycles. The summed E-state index contributed by atoms with van der Waals surface area (Å²) in [6, 6.07) is 6.00. The Balaban J connectivity index is 3.03. The lowest BCUT2D eigenvalue weighted by Gasteiger charge is -2.34. The first-order chi connectivity index (χ1) is 6.32. The summed E-state index contributed by atoms with van der Waals surface area (Å²) < 4.78 is 0.935. The van der Waals surface area contributed by atoms with Crippen molar-refractivity contribution in [2.45, 2.75) is 26.3 Å². The molecular formula is C11H15BrClN. The maximum Gasteiger partial charge on any atom is 0.0568 e. The van der Waals surface area contributed by atoms with E-state index >= 15 is 0 Å². The number of benzene rings is 1. The average molecular weight is 277 g/mol. The normalized spacial score (nSPS) is 11.6. The molecule has 0 spiro atoms. The average Bonchev–Trinajstić information content (AvgIpc) is 2.07. The van der Waals surface area contributed by atoms with E-state index in [2.05, 4.69) is 54.7 Å². The van der Waals surface area contributed by atoms with Crippen molar-refractivity contribution in [3.63, 3.8) is 0 Å². The monoisotopic (exact) mass is 275 g/mol. The summed E-state index contributed by atoms with van der Waals surface area (Å²) >= 11 is 9.41. The van der Waals surface area contributed by atoms with Gasteiger partial charge in [0.1, 0.15) is 0 Å². The Bertz CT molecular complexity index is 331. The van der Waals surface area contributed by atoms with Crippen molar-refractivity contribution in [1.82, 2.24) is 0 Å². The Kier molecular flexibility index (Phi) is 3.49. The van der Waals surface area contributed by atoms with E-state index in [-0.39, 0.29) is 5.54 Å². The number of anilines is 1. The Hall–Kier alpha value is -0.210. The highest BCUT2D eigenvalue weighted by atomic mass is 79.9. The van der Waals surface area contributed by atoms with Gasteiger partial charge in [-0.2, -0.15) is 0 Å². The number of halogens is 2. The highest BCUT2D eigenvalue weighted by molar-refractivity contribution is 9.10. The van der Waals surface area contributed by atoms with Crippen molar-refractivity contribution >= 4 is 33.2 Å². The summed E-state index contributed by atoms with van der Waals surface area (Å²) in [6.07, 6.45) is 0. The van der Waals surface area contributed by atoms with Crippen LogP contribution in [-0.4, -0.2) is 12.6 Å². The van der Waals surface area contributed by atoms with Crippen molar-refractivity contribution in [1.29, 1.82) is 0 Å². The quantitative estimate of drug-likeness (QED) is 0.737. The maximum absolute atomic E-state index is 6.03. The van der Waals surface area contributed by atoms with Gasteiger partial charge in [-0.05, 0) is 54.9 Å². The van der Waals surface area contributed by atoms with Gasteiger partial charge in [-0.15, -0.1) is 0 Å². The summed E-state index contributed by atoms with van der Waals surface area (Å²) in [7, 11) is 2.07. The van der Waals surface area contributed by atoms with Crippen LogP contribution >= 0.6 is 27.5 Å². The lowest BCUT2D eigenvalue weighted by Crippen LogP contribution is -2.37. The van der Waals surface area contributed by atoms with Gasteiger partial charge in [0.25, 0.3) is 0 Å². The summed E-state index contributed by atoms with van der Waals surface area (Å²) in [5.41, 5.74) is 1.24. The molecule has 0 saturated heterocycles. The minimum atomic E-state index is 0.108. The zero-order valence-electron chi connectivity index (χ0n) is 8.94. The molecular weight excluding hydrogens is 261 g/mol. The highest BCUT2D eigenvalue weighted by Gasteiger charge is 2.17. The second kappa shape index (κ2) is 4.11. The smallest absolute Gasteiger partial charge is 0.0568 e. The summed E-state index contributed by atoms with van der Waals surface area (Å²) in [5.74, 6) is 0. The molecule has 1 nitrogen and oxygen atoms in total. The minimum Gasteiger partial charge on any atom is -0.370 e. The van der Waals surface area contributed by atoms with E-state index < -0.39 is 0 Å². The van der Waals surface area contributed by atoms with Gasteiger partial charge in [-0.1, -0.05) is 11.6 Å². The molecule has 0 unspecified atom stereocenters. The molecule has 0 aromatic heterocycles. The summed E-state index contributed by atoms with van der Waals surface area (Å²) in [5, 5.41) is 0.749. The minimum absolute atomic E-state index is 0.108. The van der Waals surface area contributed by atoms with Crippen LogP contribution in [-0.2, 0) is 0 Å². The largest absolute Gasteiger partial charge is 0.370 e. The van der Waals surface area contributed by atoms with E-state index in [9.17, 15) is 0 Å². The Morgan fingerprint density at radius 1 is 1.29 bits per heavy atom. The Labute approximate surface area is 99.2 Å². The molecule has 1 aromatic rings. The van der Waals surface area contributed by atoms with Crippen molar-refractivity contribution in [3.8, 4) is 0 Å². The van der Waals surface area contributed by atoms with E-state index in [1.807, 2.05) is 12.1 Å². The molecule has 0 heterocycles. The second-order valence-electron chi connectivity index (χ2n) is 4.33. The Morgan fingerprint density at radius 2 is 1.86 bits per heavy atom. The molecule has 0 aliphatic heterocycles. The number of hydrogen-bond donors (Lipinski definition) is 0. The standard InChI is InChI=1S/C11H15BrClN/c1-11(2,3)14(4)8-5-6-9(12)10(13)7-8/h5-7H,1-4H3. The highest BCUT2D eigenvalue weighted by Crippen LogP contribution is 2.29. The first-order valence-electron chi connectivity index (χ1n) is 4.51. The summed E-state index contributed by atoms with van der Waals surface area (Å²) in [6.45, 7) is 6.51. The molecule has 0 saturated carbocycles. The van der Waals surface area contributed by atoms with E-state index in [4.69, 9.17) is 11.6 Å². The van der Waals surface area contributed by atoms with Gasteiger partial charge in [-0.3, -0.25) is 0 Å². The van der Waals surface area contributed by atoms with Gasteiger partial charge < -0.3 is 4.90 Å². The van der Waals surface area contributed by atoms with Crippen LogP contribution in [0.1, 0.15) is 20.8 Å². The van der Waals surface area contributed by atoms with E-state index in [0.717, 1.165) is 15.2 Å². The fourth-order valence-electron chi connectivity index (χ4n) is 1.08. The van der Waals surface area contributed by atoms with Gasteiger partial charge in [0.2, 0.25) is 0 Å². The number of nitrogens with zero attached hydrogens (tertiary/aromatic N) is 1. The molecule has 78 valence electrons. The van der Waals surface area contributed by atoms with Gasteiger partial charge in [0, 0.05) is 22.7 Å². The predicted molar refractivity (Wildman–Crippen MR) is 67.3 cm³/mol. The van der Waals surface area contributed by atoms with Crippen LogP contribution in [0, 0.1) is 0 Å². The van der Waals surface area contributed by atoms with E-state index in [1.165, 1.54) is 0 Å². The van der Waals surface area contributed by atoms with Crippen molar-refractivity contribution in [2.24, 2.45) is 0 Å². The zero-order valence-corrected chi connectivity index (χ0v) is 11.3. The van der Waals surface area contributed by atoms with Crippen LogP contribution in [0.3, 0.4) is 0 Å². The molecule has 3 heteroatoms. The first kappa shape index (κ1) is 11.9. The van der Waals surface area contributed by atoms with Crippen LogP contribution in [0.2, 0.25) is 5.02 Å². The van der Waals surface area contributed by atoms with Gasteiger partial charge >= 0.3 is 0 Å². The van der Waals surface area contributed by atoms with Crippen LogP contribution in [0.15, 0.2) is 22.7 Å². The molecule has 1 aromatic carbocycles. The fourth-order valence-corrected chi connectivity index (χ4v) is 1.50. The van der Waals surface area contributed by atoms with Crippen molar-refractivity contribution in [2.75, 3.05) is 11.9 Å². The molecule has 0 radical (unpaired) electrons. The topological polar surface area (TPSA) is 3.24 Å². The second-order valence-corrected chi connectivity index (χ2v) is 5.59. The van der Waals surface area contributed by atoms with Gasteiger partial charge in [0.15, 0.2) is 0 Å². The third kappa shape index (κ3) is 2.64. The van der Waals surface area contributed by atoms with Crippen molar-refractivity contribution < 1.29 is 0 Å². The molecule has 0 N–H and O–H groups in total. The summed E-state index contributed by atoms with van der Waals surface area (Å²) in [4.78, 5) is 2.20. The third-order valence-corrected chi connectivity index (χ3v) is 3.53. The number of rotatable bonds is 1. The van der Waals surface area contributed by atoms with Gasteiger partial charge in [-0.25, -0.2) is 0 Å². The Morgan fingerprint density at radius 3 is 2.29 bits per heavy atom. The van der Waals surface area contributed by atoms with E-state index in [0.29, 0.717) is 0 Å². The molecule has 0 fully saturated rings. The molecule has 0 aliphatic rings. The first-order valence-corrected chi connectivity index (χ1v) is 5.68. The maximum atomic E-state index is 6.03. The lowest BCUT2D eigenvalue weighted by molar-refractivity contribution is 0.539. The third-order valence-electron chi connectivity index (χ3n) is 2.30. The number of hydrogen-bond acceptors (Lipinski definition) is 1. The molecule has 0 bridgehead atoms. The molecule has 0 atom stereocenters. The zero-order chi connectivity index (χ0) is 10.9. The molecule has 0 amide bonds. The lowest BCUT2D eigenvalue weighted by atomic mass is 10.1. The van der Waals surface area contributed by atoms with E-state index in [1.54, 1.807) is 0 Å². The van der Waals surface area contributed by atoms with Crippen LogP contribution in [0.4, 0.5) is 5.69 Å². The van der Waals surface area contributed by atoms with Crippen LogP contribution in [0.25, 0.3) is 0 Å². The fraction of sp³-hybridized carbons (Fsp3) is 0.455.